The van der Waals surface area contributed by atoms with Crippen LogP contribution >= 0.6 is 0 Å². The molecule has 3 aromatic carbocycles. The van der Waals surface area contributed by atoms with Gasteiger partial charge in [0.15, 0.2) is 0 Å². The van der Waals surface area contributed by atoms with E-state index >= 15 is 0 Å². The van der Waals surface area contributed by atoms with E-state index in [1.54, 1.807) is 20.3 Å². The number of amides is 2. The predicted octanol–water partition coefficient (Wildman–Crippen LogP) is 3.50. The molecule has 0 spiro atoms. The molecule has 0 saturated carbocycles. The van der Waals surface area contributed by atoms with Gasteiger partial charge >= 0.3 is 0 Å². The maximum atomic E-state index is 13.2. The molecule has 0 aliphatic carbocycles. The molecule has 8 heteroatoms. The topological polar surface area (TPSA) is 101 Å². The van der Waals surface area contributed by atoms with Gasteiger partial charge in [-0.15, -0.1) is 0 Å². The first-order chi connectivity index (χ1) is 17.5. The molecule has 0 atom stereocenters. The van der Waals surface area contributed by atoms with E-state index in [0.29, 0.717) is 36.3 Å². The standard InChI is InChI=1S/C28H30N4O4/c1-35-13-12-31-8-10-32(11-9-31)28(34)19-6-7-22-23-15-20(18-4-3-5-21(14-18)36-2)16-24(27(29)33)26(23)30-25(22)17-19/h3-7,14-17,30H,8-13H2,1-2H3,(H2,29,33). The van der Waals surface area contributed by atoms with Crippen molar-refractivity contribution >= 4 is 33.6 Å². The summed E-state index contributed by atoms with van der Waals surface area (Å²) in [7, 11) is 3.32. The summed E-state index contributed by atoms with van der Waals surface area (Å²) >= 11 is 0. The van der Waals surface area contributed by atoms with Crippen LogP contribution in [0.25, 0.3) is 32.9 Å². The fourth-order valence-electron chi connectivity index (χ4n) is 4.88. The maximum absolute atomic E-state index is 13.2. The molecule has 4 aromatic rings. The van der Waals surface area contributed by atoms with Crippen LogP contribution < -0.4 is 10.5 Å². The first-order valence-corrected chi connectivity index (χ1v) is 12.0. The lowest BCUT2D eigenvalue weighted by atomic mass is 9.98. The molecule has 2 amide bonds. The number of aromatic amines is 1. The fourth-order valence-corrected chi connectivity index (χ4v) is 4.88. The Balaban J connectivity index is 1.49. The second-order valence-electron chi connectivity index (χ2n) is 9.05. The van der Waals surface area contributed by atoms with Crippen molar-refractivity contribution in [2.75, 3.05) is 53.6 Å². The Bertz CT molecular complexity index is 1440. The summed E-state index contributed by atoms with van der Waals surface area (Å²) in [6.07, 6.45) is 0. The van der Waals surface area contributed by atoms with Crippen LogP contribution in [0.15, 0.2) is 54.6 Å². The van der Waals surface area contributed by atoms with Gasteiger partial charge in [0.05, 0.1) is 24.8 Å². The van der Waals surface area contributed by atoms with Gasteiger partial charge in [0.2, 0.25) is 0 Å². The first-order valence-electron chi connectivity index (χ1n) is 12.0. The van der Waals surface area contributed by atoms with Gasteiger partial charge in [0.25, 0.3) is 11.8 Å². The maximum Gasteiger partial charge on any atom is 0.254 e. The fraction of sp³-hybridized carbons (Fsp3) is 0.286. The zero-order valence-corrected chi connectivity index (χ0v) is 20.5. The number of carbonyl (C=O) groups excluding carboxylic acids is 2. The van der Waals surface area contributed by atoms with E-state index in [-0.39, 0.29) is 5.91 Å². The number of hydrogen-bond acceptors (Lipinski definition) is 5. The minimum atomic E-state index is -0.515. The molecule has 0 radical (unpaired) electrons. The molecule has 186 valence electrons. The molecule has 1 aliphatic rings. The predicted molar refractivity (Wildman–Crippen MR) is 141 cm³/mol. The highest BCUT2D eigenvalue weighted by Gasteiger charge is 2.23. The largest absolute Gasteiger partial charge is 0.497 e. The highest BCUT2D eigenvalue weighted by molar-refractivity contribution is 6.17. The summed E-state index contributed by atoms with van der Waals surface area (Å²) in [6.45, 7) is 4.60. The lowest BCUT2D eigenvalue weighted by Gasteiger charge is -2.34. The smallest absolute Gasteiger partial charge is 0.254 e. The van der Waals surface area contributed by atoms with Crippen LogP contribution in [0.5, 0.6) is 5.75 Å². The minimum Gasteiger partial charge on any atom is -0.497 e. The minimum absolute atomic E-state index is 0.00846. The van der Waals surface area contributed by atoms with E-state index in [1.165, 1.54) is 0 Å². The van der Waals surface area contributed by atoms with Crippen LogP contribution in [0, 0.1) is 0 Å². The second kappa shape index (κ2) is 10.0. The average molecular weight is 487 g/mol. The quantitative estimate of drug-likeness (QED) is 0.416. The van der Waals surface area contributed by atoms with Gasteiger partial charge in [0, 0.05) is 61.7 Å². The van der Waals surface area contributed by atoms with Crippen LogP contribution in [0.1, 0.15) is 20.7 Å². The van der Waals surface area contributed by atoms with Crippen molar-refractivity contribution in [2.45, 2.75) is 0 Å². The van der Waals surface area contributed by atoms with Crippen LogP contribution in [-0.2, 0) is 4.74 Å². The molecule has 5 rings (SSSR count). The number of nitrogens with one attached hydrogen (secondary N) is 1. The van der Waals surface area contributed by atoms with E-state index in [4.69, 9.17) is 15.2 Å². The molecule has 0 bridgehead atoms. The number of H-pyrrole nitrogens is 1. The third kappa shape index (κ3) is 4.53. The molecule has 2 heterocycles. The van der Waals surface area contributed by atoms with Gasteiger partial charge in [0.1, 0.15) is 5.75 Å². The molecule has 1 fully saturated rings. The van der Waals surface area contributed by atoms with Gasteiger partial charge < -0.3 is 25.1 Å². The summed E-state index contributed by atoms with van der Waals surface area (Å²) in [5, 5.41) is 1.81. The van der Waals surface area contributed by atoms with Crippen LogP contribution in [0.3, 0.4) is 0 Å². The summed E-state index contributed by atoms with van der Waals surface area (Å²) in [4.78, 5) is 33.2. The third-order valence-electron chi connectivity index (χ3n) is 6.89. The molecular weight excluding hydrogens is 456 g/mol. The van der Waals surface area contributed by atoms with E-state index < -0.39 is 5.91 Å². The van der Waals surface area contributed by atoms with E-state index in [0.717, 1.165) is 52.8 Å². The van der Waals surface area contributed by atoms with Gasteiger partial charge in [-0.05, 0) is 47.5 Å². The summed E-state index contributed by atoms with van der Waals surface area (Å²) < 4.78 is 10.5. The normalized spacial score (nSPS) is 14.4. The van der Waals surface area contributed by atoms with Gasteiger partial charge in [-0.2, -0.15) is 0 Å². The van der Waals surface area contributed by atoms with Gasteiger partial charge in [-0.25, -0.2) is 0 Å². The Kier molecular flexibility index (Phi) is 6.63. The third-order valence-corrected chi connectivity index (χ3v) is 6.89. The number of fused-ring (bicyclic) bond motifs is 3. The van der Waals surface area contributed by atoms with Crippen LogP contribution in [0.2, 0.25) is 0 Å². The number of methoxy groups -OCH3 is 2. The molecule has 8 nitrogen and oxygen atoms in total. The molecule has 1 saturated heterocycles. The van der Waals surface area contributed by atoms with Crippen molar-refractivity contribution < 1.29 is 19.1 Å². The number of ether oxygens (including phenoxy) is 2. The number of rotatable bonds is 7. The first kappa shape index (κ1) is 23.8. The Morgan fingerprint density at radius 2 is 1.75 bits per heavy atom. The Morgan fingerprint density at radius 1 is 0.944 bits per heavy atom. The zero-order valence-electron chi connectivity index (χ0n) is 20.5. The Labute approximate surface area is 209 Å². The van der Waals surface area contributed by atoms with Gasteiger partial charge in [-0.1, -0.05) is 18.2 Å². The molecule has 1 aromatic heterocycles. The summed E-state index contributed by atoms with van der Waals surface area (Å²) in [6, 6.07) is 17.2. The second-order valence-corrected chi connectivity index (χ2v) is 9.05. The molecule has 0 unspecified atom stereocenters. The number of primary amides is 1. The van der Waals surface area contributed by atoms with Crippen LogP contribution in [0.4, 0.5) is 0 Å². The highest BCUT2D eigenvalue weighted by atomic mass is 16.5. The van der Waals surface area contributed by atoms with Crippen molar-refractivity contribution in [3.05, 3.63) is 65.7 Å². The lowest BCUT2D eigenvalue weighted by molar-refractivity contribution is 0.0594. The van der Waals surface area contributed by atoms with Crippen molar-refractivity contribution in [1.29, 1.82) is 0 Å². The number of hydrogen-bond donors (Lipinski definition) is 2. The highest BCUT2D eigenvalue weighted by Crippen LogP contribution is 2.34. The molecule has 36 heavy (non-hydrogen) atoms. The summed E-state index contributed by atoms with van der Waals surface area (Å²) in [5.74, 6) is 0.225. The number of nitrogens with zero attached hydrogens (tertiary/aromatic N) is 2. The number of benzene rings is 3. The van der Waals surface area contributed by atoms with E-state index in [2.05, 4.69) is 9.88 Å². The van der Waals surface area contributed by atoms with E-state index in [1.807, 2.05) is 53.4 Å². The van der Waals surface area contributed by atoms with Crippen molar-refractivity contribution in [3.63, 3.8) is 0 Å². The van der Waals surface area contributed by atoms with E-state index in [9.17, 15) is 9.59 Å². The monoisotopic (exact) mass is 486 g/mol. The van der Waals surface area contributed by atoms with Gasteiger partial charge in [-0.3, -0.25) is 14.5 Å². The number of nitrogens with two attached hydrogens (primary N) is 1. The van der Waals surface area contributed by atoms with Crippen molar-refractivity contribution in [1.82, 2.24) is 14.8 Å². The number of aromatic nitrogens is 1. The lowest BCUT2D eigenvalue weighted by Crippen LogP contribution is -2.49. The Hall–Kier alpha value is -3.88. The average Bonchev–Trinajstić information content (AvgIpc) is 3.29. The summed E-state index contributed by atoms with van der Waals surface area (Å²) in [5.41, 5.74) is 10.0. The molecule has 3 N–H and O–H groups in total. The van der Waals surface area contributed by atoms with Crippen molar-refractivity contribution in [2.24, 2.45) is 5.73 Å². The Morgan fingerprint density at radius 3 is 2.47 bits per heavy atom. The molecule has 1 aliphatic heterocycles. The SMILES string of the molecule is COCCN1CCN(C(=O)c2ccc3c(c2)[nH]c2c(C(N)=O)cc(-c4cccc(OC)c4)cc23)CC1. The van der Waals surface area contributed by atoms with Crippen LogP contribution in [-0.4, -0.2) is 80.1 Å². The zero-order chi connectivity index (χ0) is 25.2. The number of piperazine rings is 1. The number of carbonyl (C=O) groups is 2. The molecular formula is C28H30N4O4. The van der Waals surface area contributed by atoms with Crippen molar-refractivity contribution in [3.8, 4) is 16.9 Å².